The standard InChI is InChI=1S/C19H34N6O.HI/c1-15-13-16(2)25(24-15)12-6-9-22-19(20-3)23-11-10-21-18(26)14-17-7-4-5-8-17;/h13,17H,4-12,14H2,1-3H3,(H,21,26)(H2,20,22,23);1H. The van der Waals surface area contributed by atoms with Gasteiger partial charge in [0.2, 0.25) is 5.91 Å². The maximum Gasteiger partial charge on any atom is 0.220 e. The first-order valence-electron chi connectivity index (χ1n) is 9.80. The van der Waals surface area contributed by atoms with Crippen LogP contribution in [0.2, 0.25) is 0 Å². The van der Waals surface area contributed by atoms with Gasteiger partial charge in [0, 0.05) is 45.3 Å². The molecule has 1 aromatic heterocycles. The van der Waals surface area contributed by atoms with Gasteiger partial charge in [0.05, 0.1) is 5.69 Å². The van der Waals surface area contributed by atoms with E-state index in [9.17, 15) is 4.79 Å². The lowest BCUT2D eigenvalue weighted by Crippen LogP contribution is -2.42. The van der Waals surface area contributed by atoms with Crippen molar-refractivity contribution in [3.63, 3.8) is 0 Å². The third-order valence-electron chi connectivity index (χ3n) is 4.85. The molecule has 0 radical (unpaired) electrons. The van der Waals surface area contributed by atoms with Gasteiger partial charge >= 0.3 is 0 Å². The summed E-state index contributed by atoms with van der Waals surface area (Å²) < 4.78 is 2.03. The van der Waals surface area contributed by atoms with Gasteiger partial charge in [-0.3, -0.25) is 14.5 Å². The van der Waals surface area contributed by atoms with Gasteiger partial charge in [-0.25, -0.2) is 0 Å². The van der Waals surface area contributed by atoms with Gasteiger partial charge in [-0.15, -0.1) is 24.0 Å². The fraction of sp³-hybridized carbons (Fsp3) is 0.737. The number of aliphatic imine (C=N–C) groups is 1. The molecule has 8 heteroatoms. The Morgan fingerprint density at radius 3 is 2.48 bits per heavy atom. The van der Waals surface area contributed by atoms with Crippen LogP contribution < -0.4 is 16.0 Å². The molecule has 0 atom stereocenters. The summed E-state index contributed by atoms with van der Waals surface area (Å²) in [5.41, 5.74) is 2.25. The Kier molecular flexibility index (Phi) is 11.4. The van der Waals surface area contributed by atoms with Gasteiger partial charge in [0.15, 0.2) is 5.96 Å². The van der Waals surface area contributed by atoms with Crippen molar-refractivity contribution in [1.29, 1.82) is 0 Å². The van der Waals surface area contributed by atoms with Crippen molar-refractivity contribution in [2.75, 3.05) is 26.7 Å². The second-order valence-electron chi connectivity index (χ2n) is 7.13. The Bertz CT molecular complexity index is 595. The molecule has 3 N–H and O–H groups in total. The highest BCUT2D eigenvalue weighted by Gasteiger charge is 2.17. The van der Waals surface area contributed by atoms with Gasteiger partial charge in [-0.1, -0.05) is 12.8 Å². The normalized spacial score (nSPS) is 14.7. The molecule has 1 aliphatic rings. The van der Waals surface area contributed by atoms with Crippen LogP contribution in [0, 0.1) is 19.8 Å². The lowest BCUT2D eigenvalue weighted by Gasteiger charge is -2.13. The summed E-state index contributed by atoms with van der Waals surface area (Å²) in [6.45, 7) is 7.10. The summed E-state index contributed by atoms with van der Waals surface area (Å²) in [6, 6.07) is 2.09. The number of nitrogens with one attached hydrogen (secondary N) is 3. The quantitative estimate of drug-likeness (QED) is 0.215. The van der Waals surface area contributed by atoms with E-state index in [2.05, 4.69) is 39.0 Å². The van der Waals surface area contributed by atoms with E-state index in [1.54, 1.807) is 7.05 Å². The van der Waals surface area contributed by atoms with Crippen molar-refractivity contribution in [2.24, 2.45) is 10.9 Å². The summed E-state index contributed by atoms with van der Waals surface area (Å²) in [5, 5.41) is 14.0. The molecule has 0 bridgehead atoms. The Morgan fingerprint density at radius 1 is 1.19 bits per heavy atom. The average molecular weight is 490 g/mol. The monoisotopic (exact) mass is 490 g/mol. The number of amides is 1. The van der Waals surface area contributed by atoms with Crippen LogP contribution in [-0.2, 0) is 11.3 Å². The van der Waals surface area contributed by atoms with Crippen molar-refractivity contribution in [3.8, 4) is 0 Å². The number of aromatic nitrogens is 2. The van der Waals surface area contributed by atoms with Crippen molar-refractivity contribution in [2.45, 2.75) is 58.9 Å². The third kappa shape index (κ3) is 8.94. The number of halogens is 1. The molecule has 1 amide bonds. The molecule has 1 fully saturated rings. The maximum absolute atomic E-state index is 11.9. The average Bonchev–Trinajstić information content (AvgIpc) is 3.22. The molecular formula is C19H35IN6O. The highest BCUT2D eigenvalue weighted by atomic mass is 127. The van der Waals surface area contributed by atoms with Crippen LogP contribution in [0.15, 0.2) is 11.1 Å². The lowest BCUT2D eigenvalue weighted by molar-refractivity contribution is -0.121. The van der Waals surface area contributed by atoms with Crippen LogP contribution in [-0.4, -0.2) is 48.3 Å². The minimum atomic E-state index is 0. The number of carbonyl (C=O) groups is 1. The van der Waals surface area contributed by atoms with Crippen LogP contribution in [0.4, 0.5) is 0 Å². The third-order valence-corrected chi connectivity index (χ3v) is 4.85. The lowest BCUT2D eigenvalue weighted by atomic mass is 10.0. The molecule has 1 aromatic rings. The number of carbonyl (C=O) groups excluding carboxylic acids is 1. The van der Waals surface area contributed by atoms with E-state index in [1.807, 2.05) is 11.6 Å². The van der Waals surface area contributed by atoms with Crippen molar-refractivity contribution in [1.82, 2.24) is 25.7 Å². The smallest absolute Gasteiger partial charge is 0.220 e. The topological polar surface area (TPSA) is 83.3 Å². The molecule has 0 aliphatic heterocycles. The SMILES string of the molecule is CN=C(NCCCn1nc(C)cc1C)NCCNC(=O)CC1CCCC1.I. The van der Waals surface area contributed by atoms with Crippen molar-refractivity contribution >= 4 is 35.8 Å². The molecule has 0 saturated heterocycles. The molecule has 27 heavy (non-hydrogen) atoms. The highest BCUT2D eigenvalue weighted by Crippen LogP contribution is 2.27. The molecule has 0 spiro atoms. The summed E-state index contributed by atoms with van der Waals surface area (Å²) in [6.07, 6.45) is 6.63. The zero-order valence-electron chi connectivity index (χ0n) is 16.9. The van der Waals surface area contributed by atoms with Gasteiger partial charge in [-0.2, -0.15) is 5.10 Å². The van der Waals surface area contributed by atoms with E-state index in [1.165, 1.54) is 31.4 Å². The van der Waals surface area contributed by atoms with Gasteiger partial charge < -0.3 is 16.0 Å². The molecule has 7 nitrogen and oxygen atoms in total. The molecule has 1 heterocycles. The zero-order valence-corrected chi connectivity index (χ0v) is 19.2. The molecule has 2 rings (SSSR count). The second-order valence-corrected chi connectivity index (χ2v) is 7.13. The number of rotatable bonds is 9. The Labute approximate surface area is 180 Å². The number of nitrogens with zero attached hydrogens (tertiary/aromatic N) is 3. The van der Waals surface area contributed by atoms with Crippen LogP contribution in [0.5, 0.6) is 0 Å². The number of hydrogen-bond donors (Lipinski definition) is 3. The summed E-state index contributed by atoms with van der Waals surface area (Å²) in [4.78, 5) is 16.1. The summed E-state index contributed by atoms with van der Waals surface area (Å²) in [5.74, 6) is 1.54. The van der Waals surface area contributed by atoms with Crippen LogP contribution in [0.1, 0.15) is 49.9 Å². The molecular weight excluding hydrogens is 455 g/mol. The number of guanidine groups is 1. The molecule has 0 aromatic carbocycles. The van der Waals surface area contributed by atoms with Crippen LogP contribution in [0.25, 0.3) is 0 Å². The van der Waals surface area contributed by atoms with Gasteiger partial charge in [-0.05, 0) is 45.1 Å². The number of aryl methyl sites for hydroxylation is 3. The molecule has 154 valence electrons. The maximum atomic E-state index is 11.9. The Hall–Kier alpha value is -1.32. The predicted molar refractivity (Wildman–Crippen MR) is 121 cm³/mol. The molecule has 1 saturated carbocycles. The van der Waals surface area contributed by atoms with Gasteiger partial charge in [0.25, 0.3) is 0 Å². The first-order valence-corrected chi connectivity index (χ1v) is 9.80. The summed E-state index contributed by atoms with van der Waals surface area (Å²) in [7, 11) is 1.76. The Morgan fingerprint density at radius 2 is 1.85 bits per heavy atom. The minimum absolute atomic E-state index is 0. The minimum Gasteiger partial charge on any atom is -0.356 e. The first kappa shape index (κ1) is 23.7. The fourth-order valence-corrected chi connectivity index (χ4v) is 3.49. The second kappa shape index (κ2) is 13.0. The Balaban J connectivity index is 0.00000364. The predicted octanol–water partition coefficient (Wildman–Crippen LogP) is 2.37. The van der Waals surface area contributed by atoms with E-state index in [0.29, 0.717) is 25.4 Å². The van der Waals surface area contributed by atoms with E-state index >= 15 is 0 Å². The van der Waals surface area contributed by atoms with E-state index in [4.69, 9.17) is 0 Å². The van der Waals surface area contributed by atoms with Gasteiger partial charge in [0.1, 0.15) is 0 Å². The first-order chi connectivity index (χ1) is 12.6. The molecule has 0 unspecified atom stereocenters. The van der Waals surface area contributed by atoms with E-state index in [0.717, 1.165) is 31.2 Å². The van der Waals surface area contributed by atoms with Crippen molar-refractivity contribution < 1.29 is 4.79 Å². The zero-order chi connectivity index (χ0) is 18.8. The van der Waals surface area contributed by atoms with E-state index < -0.39 is 0 Å². The number of hydrogen-bond acceptors (Lipinski definition) is 3. The van der Waals surface area contributed by atoms with Crippen LogP contribution in [0.3, 0.4) is 0 Å². The molecule has 1 aliphatic carbocycles. The largest absolute Gasteiger partial charge is 0.356 e. The summed E-state index contributed by atoms with van der Waals surface area (Å²) >= 11 is 0. The highest BCUT2D eigenvalue weighted by molar-refractivity contribution is 14.0. The van der Waals surface area contributed by atoms with Crippen LogP contribution >= 0.6 is 24.0 Å². The van der Waals surface area contributed by atoms with Crippen molar-refractivity contribution in [3.05, 3.63) is 17.5 Å². The fourth-order valence-electron chi connectivity index (χ4n) is 3.49. The van der Waals surface area contributed by atoms with E-state index in [-0.39, 0.29) is 29.9 Å².